The number of halogens is 6. The molecule has 35 heavy (non-hydrogen) atoms. The maximum atomic E-state index is 12.1. The van der Waals surface area contributed by atoms with Gasteiger partial charge in [0, 0.05) is 43.8 Å². The van der Waals surface area contributed by atoms with Crippen molar-refractivity contribution in [3.63, 3.8) is 0 Å². The van der Waals surface area contributed by atoms with Crippen LogP contribution in [-0.4, -0.2) is 80.4 Å². The summed E-state index contributed by atoms with van der Waals surface area (Å²) in [6.45, 7) is 8.42. The average molecular weight is 513 g/mol. The van der Waals surface area contributed by atoms with Gasteiger partial charge in [0.15, 0.2) is 0 Å². The second-order valence-electron chi connectivity index (χ2n) is 7.64. The summed E-state index contributed by atoms with van der Waals surface area (Å²) >= 11 is 0. The molecule has 0 spiro atoms. The number of aliphatic carboxylic acids is 2. The minimum Gasteiger partial charge on any atom is -0.475 e. The third kappa shape index (κ3) is 9.54. The van der Waals surface area contributed by atoms with Crippen molar-refractivity contribution < 1.29 is 50.9 Å². The Morgan fingerprint density at radius 1 is 1.09 bits per heavy atom. The molecule has 3 rings (SSSR count). The molecule has 196 valence electrons. The zero-order valence-electron chi connectivity index (χ0n) is 18.6. The molecule has 1 aromatic heterocycles. The lowest BCUT2D eigenvalue weighted by atomic mass is 9.96. The van der Waals surface area contributed by atoms with E-state index in [1.807, 2.05) is 24.0 Å². The van der Waals surface area contributed by atoms with E-state index in [0.717, 1.165) is 37.3 Å². The Bertz CT molecular complexity index is 882. The van der Waals surface area contributed by atoms with Gasteiger partial charge in [-0.2, -0.15) is 26.3 Å². The molecule has 0 bridgehead atoms. The van der Waals surface area contributed by atoms with E-state index < -0.39 is 24.3 Å². The van der Waals surface area contributed by atoms with Crippen molar-refractivity contribution in [2.24, 2.45) is 0 Å². The van der Waals surface area contributed by atoms with Crippen LogP contribution in [0.3, 0.4) is 0 Å². The van der Waals surface area contributed by atoms with E-state index in [9.17, 15) is 31.1 Å². The number of carboxylic acids is 2. The molecule has 2 saturated heterocycles. The standard InChI is InChI=1S/C17H23N3O.2C2HF3O2/c1-3-10-20-16-9-11-19(15(16)7-8-17(20)21)12-14-6-4-5-13(2)18-14;2*3-2(4,5)1(6)7/h3-6,15-16H,1,7-12H2,2H3;2*(H,6,7)/t15-,16-;;/m0../s1. The molecule has 0 saturated carbocycles. The van der Waals surface area contributed by atoms with E-state index in [0.29, 0.717) is 25.0 Å². The number of hydrogen-bond donors (Lipinski definition) is 2. The van der Waals surface area contributed by atoms with Gasteiger partial charge in [0.05, 0.1) is 5.69 Å². The first kappa shape index (κ1) is 29.9. The van der Waals surface area contributed by atoms with Crippen molar-refractivity contribution in [3.8, 4) is 0 Å². The van der Waals surface area contributed by atoms with E-state index >= 15 is 0 Å². The van der Waals surface area contributed by atoms with Crippen LogP contribution in [0.2, 0.25) is 0 Å². The highest BCUT2D eigenvalue weighted by Crippen LogP contribution is 2.32. The first-order valence-corrected chi connectivity index (χ1v) is 10.2. The third-order valence-electron chi connectivity index (χ3n) is 5.12. The molecule has 2 aliphatic rings. The molecule has 0 radical (unpaired) electrons. The van der Waals surface area contributed by atoms with Gasteiger partial charge in [-0.25, -0.2) is 9.59 Å². The number of aryl methyl sites for hydroxylation is 1. The summed E-state index contributed by atoms with van der Waals surface area (Å²) in [6.07, 6.45) is -5.63. The fraction of sp³-hybridized carbons (Fsp3) is 0.524. The fourth-order valence-electron chi connectivity index (χ4n) is 3.71. The lowest BCUT2D eigenvalue weighted by Crippen LogP contribution is -2.52. The average Bonchev–Trinajstić information content (AvgIpc) is 3.12. The molecule has 2 aliphatic heterocycles. The van der Waals surface area contributed by atoms with Crippen molar-refractivity contribution >= 4 is 17.8 Å². The van der Waals surface area contributed by atoms with Gasteiger partial charge in [0.25, 0.3) is 0 Å². The number of carbonyl (C=O) groups excluding carboxylic acids is 1. The Balaban J connectivity index is 0.000000362. The Labute approximate surface area is 196 Å². The number of likely N-dealkylation sites (tertiary alicyclic amines) is 2. The van der Waals surface area contributed by atoms with Crippen LogP contribution in [0.5, 0.6) is 0 Å². The molecule has 2 fully saturated rings. The van der Waals surface area contributed by atoms with Crippen molar-refractivity contribution in [2.75, 3.05) is 13.1 Å². The van der Waals surface area contributed by atoms with Crippen molar-refractivity contribution in [3.05, 3.63) is 42.2 Å². The number of fused-ring (bicyclic) bond motifs is 1. The largest absolute Gasteiger partial charge is 0.490 e. The maximum absolute atomic E-state index is 12.1. The summed E-state index contributed by atoms with van der Waals surface area (Å²) in [7, 11) is 0. The predicted octanol–water partition coefficient (Wildman–Crippen LogP) is 3.41. The van der Waals surface area contributed by atoms with Crippen molar-refractivity contribution in [1.82, 2.24) is 14.8 Å². The Hall–Kier alpha value is -3.16. The molecule has 0 unspecified atom stereocenters. The summed E-state index contributed by atoms with van der Waals surface area (Å²) in [5.74, 6) is -5.23. The maximum Gasteiger partial charge on any atom is 0.490 e. The van der Waals surface area contributed by atoms with Crippen molar-refractivity contribution in [2.45, 2.75) is 57.2 Å². The molecular weight excluding hydrogens is 488 g/mol. The van der Waals surface area contributed by atoms with Crippen LogP contribution in [0.15, 0.2) is 30.9 Å². The van der Waals surface area contributed by atoms with Gasteiger partial charge in [0.1, 0.15) is 0 Å². The van der Waals surface area contributed by atoms with Crippen LogP contribution in [-0.2, 0) is 20.9 Å². The zero-order chi connectivity index (χ0) is 27.0. The topological polar surface area (TPSA) is 111 Å². The Morgan fingerprint density at radius 3 is 2.09 bits per heavy atom. The van der Waals surface area contributed by atoms with Gasteiger partial charge >= 0.3 is 24.3 Å². The molecule has 1 aromatic rings. The summed E-state index contributed by atoms with van der Waals surface area (Å²) in [5.41, 5.74) is 2.19. The van der Waals surface area contributed by atoms with Gasteiger partial charge in [-0.1, -0.05) is 12.1 Å². The van der Waals surface area contributed by atoms with E-state index in [2.05, 4.69) is 28.6 Å². The smallest absolute Gasteiger partial charge is 0.475 e. The molecule has 8 nitrogen and oxygen atoms in total. The number of pyridine rings is 1. The lowest BCUT2D eigenvalue weighted by molar-refractivity contribution is -0.193. The van der Waals surface area contributed by atoms with E-state index in [1.165, 1.54) is 0 Å². The summed E-state index contributed by atoms with van der Waals surface area (Å²) in [6, 6.07) is 7.02. The lowest BCUT2D eigenvalue weighted by Gasteiger charge is -2.39. The molecular formula is C21H25F6N3O5. The zero-order valence-corrected chi connectivity index (χ0v) is 18.6. The number of carbonyl (C=O) groups is 3. The molecule has 1 amide bonds. The van der Waals surface area contributed by atoms with Gasteiger partial charge in [-0.15, -0.1) is 6.58 Å². The highest BCUT2D eigenvalue weighted by atomic mass is 19.4. The first-order valence-electron chi connectivity index (χ1n) is 10.2. The summed E-state index contributed by atoms with van der Waals surface area (Å²) in [4.78, 5) is 39.0. The quantitative estimate of drug-likeness (QED) is 0.469. The summed E-state index contributed by atoms with van der Waals surface area (Å²) < 4.78 is 63.5. The molecule has 3 heterocycles. The van der Waals surface area contributed by atoms with Crippen molar-refractivity contribution in [1.29, 1.82) is 0 Å². The second-order valence-corrected chi connectivity index (χ2v) is 7.64. The molecule has 14 heteroatoms. The number of nitrogens with zero attached hydrogens (tertiary/aromatic N) is 3. The second kappa shape index (κ2) is 12.5. The van der Waals surface area contributed by atoms with E-state index in [1.54, 1.807) is 0 Å². The number of amides is 1. The minimum atomic E-state index is -5.08. The summed E-state index contributed by atoms with van der Waals surface area (Å²) in [5, 5.41) is 14.2. The van der Waals surface area contributed by atoms with E-state index in [-0.39, 0.29) is 5.91 Å². The number of alkyl halides is 6. The van der Waals surface area contributed by atoms with Gasteiger partial charge in [-0.05, 0) is 31.9 Å². The number of hydrogen-bond acceptors (Lipinski definition) is 5. The van der Waals surface area contributed by atoms with Gasteiger partial charge in [0.2, 0.25) is 5.91 Å². The van der Waals surface area contributed by atoms with Crippen LogP contribution in [0.25, 0.3) is 0 Å². The van der Waals surface area contributed by atoms with Crippen LogP contribution >= 0.6 is 0 Å². The molecule has 0 aromatic carbocycles. The molecule has 0 aliphatic carbocycles. The van der Waals surface area contributed by atoms with Crippen LogP contribution < -0.4 is 0 Å². The monoisotopic (exact) mass is 513 g/mol. The molecule has 2 N–H and O–H groups in total. The number of carboxylic acid groups (broad SMARTS) is 2. The van der Waals surface area contributed by atoms with Crippen LogP contribution in [0.1, 0.15) is 30.7 Å². The predicted molar refractivity (Wildman–Crippen MR) is 110 cm³/mol. The highest BCUT2D eigenvalue weighted by Gasteiger charge is 2.42. The first-order chi connectivity index (χ1) is 16.1. The molecule has 2 atom stereocenters. The highest BCUT2D eigenvalue weighted by molar-refractivity contribution is 5.78. The van der Waals surface area contributed by atoms with E-state index in [4.69, 9.17) is 19.8 Å². The van der Waals surface area contributed by atoms with Crippen LogP contribution in [0.4, 0.5) is 26.3 Å². The normalized spacial score (nSPS) is 20.1. The minimum absolute atomic E-state index is 0.284. The third-order valence-corrected chi connectivity index (χ3v) is 5.12. The fourth-order valence-corrected chi connectivity index (χ4v) is 3.71. The van der Waals surface area contributed by atoms with Gasteiger partial charge in [-0.3, -0.25) is 14.7 Å². The SMILES string of the molecule is C=CCN1C(=O)CC[C@H]2[C@@H]1CCN2Cc1cccc(C)n1.O=C(O)C(F)(F)F.O=C(O)C(F)(F)F. The van der Waals surface area contributed by atoms with Gasteiger partial charge < -0.3 is 15.1 Å². The Kier molecular flexibility index (Phi) is 10.7. The number of rotatable bonds is 4. The number of piperidine rings is 1. The number of aromatic nitrogens is 1. The van der Waals surface area contributed by atoms with Crippen LogP contribution in [0, 0.1) is 6.92 Å². The Morgan fingerprint density at radius 2 is 1.63 bits per heavy atom.